The zero-order valence-corrected chi connectivity index (χ0v) is 21.9. The molecular weight excluding hydrogens is 512 g/mol. The Morgan fingerprint density at radius 1 is 0.947 bits per heavy atom. The van der Waals surface area contributed by atoms with Gasteiger partial charge in [0.15, 0.2) is 23.9 Å². The predicted octanol–water partition coefficient (Wildman–Crippen LogP) is 3.40. The number of rotatable bonds is 10. The van der Waals surface area contributed by atoms with Crippen molar-refractivity contribution in [1.82, 2.24) is 19.7 Å². The van der Waals surface area contributed by atoms with Crippen molar-refractivity contribution in [3.8, 4) is 17.2 Å². The minimum absolute atomic E-state index is 0.00769. The van der Waals surface area contributed by atoms with E-state index in [0.717, 1.165) is 0 Å². The second kappa shape index (κ2) is 11.2. The average Bonchev–Trinajstić information content (AvgIpc) is 3.36. The molecule has 2 aromatic carbocycles. The van der Waals surface area contributed by atoms with Gasteiger partial charge in [-0.2, -0.15) is 5.10 Å². The molecule has 2 heterocycles. The fourth-order valence-electron chi connectivity index (χ4n) is 3.51. The van der Waals surface area contributed by atoms with Gasteiger partial charge in [0.25, 0.3) is 15.9 Å². The summed E-state index contributed by atoms with van der Waals surface area (Å²) in [6.07, 6.45) is 1.59. The van der Waals surface area contributed by atoms with Gasteiger partial charge in [0.1, 0.15) is 0 Å². The Labute approximate surface area is 219 Å². The first-order chi connectivity index (χ1) is 18.2. The van der Waals surface area contributed by atoms with Crippen LogP contribution in [0.3, 0.4) is 0 Å². The largest absolute Gasteiger partial charge is 0.493 e. The van der Waals surface area contributed by atoms with E-state index >= 15 is 0 Å². The zero-order valence-electron chi connectivity index (χ0n) is 21.1. The third-order valence-corrected chi connectivity index (χ3v) is 6.57. The SMILES string of the molecule is COc1cccc(OC)c1OCn1ccc(C(=O)Nc2ccc(S(=O)(=O)Nc3nc(C)cc(C)n3)cc2)n1. The van der Waals surface area contributed by atoms with Gasteiger partial charge in [-0.15, -0.1) is 0 Å². The molecule has 198 valence electrons. The van der Waals surface area contributed by atoms with Crippen LogP contribution in [0.15, 0.2) is 65.7 Å². The lowest BCUT2D eigenvalue weighted by atomic mass is 10.3. The molecule has 13 heteroatoms. The Morgan fingerprint density at radius 2 is 1.58 bits per heavy atom. The molecule has 38 heavy (non-hydrogen) atoms. The van der Waals surface area contributed by atoms with Gasteiger partial charge in [0.05, 0.1) is 19.1 Å². The van der Waals surface area contributed by atoms with E-state index in [1.54, 1.807) is 44.3 Å². The Balaban J connectivity index is 1.39. The quantitative estimate of drug-likeness (QED) is 0.310. The maximum atomic E-state index is 12.7. The molecule has 0 spiro atoms. The van der Waals surface area contributed by atoms with E-state index in [0.29, 0.717) is 34.3 Å². The van der Waals surface area contributed by atoms with Gasteiger partial charge in [0, 0.05) is 23.3 Å². The van der Waals surface area contributed by atoms with Crippen molar-refractivity contribution in [3.63, 3.8) is 0 Å². The Bertz CT molecular complexity index is 1510. The van der Waals surface area contributed by atoms with Crippen LogP contribution in [0.5, 0.6) is 17.2 Å². The highest BCUT2D eigenvalue weighted by molar-refractivity contribution is 7.92. The van der Waals surface area contributed by atoms with Crippen LogP contribution in [-0.4, -0.2) is 48.3 Å². The number of aryl methyl sites for hydroxylation is 2. The first kappa shape index (κ1) is 26.4. The molecule has 0 saturated carbocycles. The van der Waals surface area contributed by atoms with Gasteiger partial charge in [-0.1, -0.05) is 6.07 Å². The summed E-state index contributed by atoms with van der Waals surface area (Å²) in [5, 5.41) is 6.92. The normalized spacial score (nSPS) is 11.1. The second-order valence-electron chi connectivity index (χ2n) is 8.06. The number of nitrogens with zero attached hydrogens (tertiary/aromatic N) is 4. The molecule has 2 N–H and O–H groups in total. The zero-order chi connectivity index (χ0) is 27.3. The number of aromatic nitrogens is 4. The fourth-order valence-corrected chi connectivity index (χ4v) is 4.45. The van der Waals surface area contributed by atoms with Crippen LogP contribution in [0.2, 0.25) is 0 Å². The van der Waals surface area contributed by atoms with Crippen LogP contribution < -0.4 is 24.2 Å². The van der Waals surface area contributed by atoms with E-state index < -0.39 is 15.9 Å². The fraction of sp³-hybridized carbons (Fsp3) is 0.200. The van der Waals surface area contributed by atoms with Crippen molar-refractivity contribution in [1.29, 1.82) is 0 Å². The monoisotopic (exact) mass is 538 g/mol. The molecule has 0 aliphatic heterocycles. The number of anilines is 2. The molecule has 0 unspecified atom stereocenters. The number of ether oxygens (including phenoxy) is 3. The van der Waals surface area contributed by atoms with E-state index in [1.807, 2.05) is 0 Å². The summed E-state index contributed by atoms with van der Waals surface area (Å²) >= 11 is 0. The van der Waals surface area contributed by atoms with Crippen LogP contribution in [0, 0.1) is 13.8 Å². The lowest BCUT2D eigenvalue weighted by Gasteiger charge is -2.13. The average molecular weight is 539 g/mol. The molecule has 0 bridgehead atoms. The summed E-state index contributed by atoms with van der Waals surface area (Å²) in [6, 6.07) is 14.2. The summed E-state index contributed by atoms with van der Waals surface area (Å²) in [5.74, 6) is 0.917. The molecule has 0 saturated heterocycles. The number of hydrogen-bond donors (Lipinski definition) is 2. The van der Waals surface area contributed by atoms with Gasteiger partial charge < -0.3 is 19.5 Å². The topological polar surface area (TPSA) is 147 Å². The van der Waals surface area contributed by atoms with Crippen LogP contribution in [-0.2, 0) is 16.8 Å². The molecule has 0 fully saturated rings. The van der Waals surface area contributed by atoms with Crippen LogP contribution in [0.25, 0.3) is 0 Å². The molecule has 12 nitrogen and oxygen atoms in total. The number of amides is 1. The minimum atomic E-state index is -3.92. The Hall–Kier alpha value is -4.65. The van der Waals surface area contributed by atoms with Gasteiger partial charge in [0.2, 0.25) is 11.7 Å². The van der Waals surface area contributed by atoms with E-state index in [1.165, 1.54) is 49.2 Å². The van der Waals surface area contributed by atoms with E-state index in [-0.39, 0.29) is 23.3 Å². The van der Waals surface area contributed by atoms with Crippen LogP contribution in [0.1, 0.15) is 21.9 Å². The first-order valence-corrected chi connectivity index (χ1v) is 12.8. The molecule has 0 aliphatic carbocycles. The Kier molecular flexibility index (Phi) is 7.76. The van der Waals surface area contributed by atoms with E-state index in [9.17, 15) is 13.2 Å². The molecule has 4 rings (SSSR count). The summed E-state index contributed by atoms with van der Waals surface area (Å²) in [4.78, 5) is 20.9. The van der Waals surface area contributed by atoms with Crippen molar-refractivity contribution in [2.75, 3.05) is 24.3 Å². The van der Waals surface area contributed by atoms with Gasteiger partial charge >= 0.3 is 0 Å². The summed E-state index contributed by atoms with van der Waals surface area (Å²) in [6.45, 7) is 3.50. The lowest BCUT2D eigenvalue weighted by Crippen LogP contribution is -2.16. The molecule has 0 radical (unpaired) electrons. The lowest BCUT2D eigenvalue weighted by molar-refractivity contribution is 0.102. The third kappa shape index (κ3) is 6.18. The van der Waals surface area contributed by atoms with Crippen LogP contribution in [0.4, 0.5) is 11.6 Å². The number of para-hydroxylation sites is 1. The highest BCUT2D eigenvalue weighted by Crippen LogP contribution is 2.36. The molecule has 1 amide bonds. The Morgan fingerprint density at radius 3 is 2.18 bits per heavy atom. The van der Waals surface area contributed by atoms with Crippen molar-refractivity contribution in [2.45, 2.75) is 25.5 Å². The summed E-state index contributed by atoms with van der Waals surface area (Å²) in [5.41, 5.74) is 1.82. The first-order valence-electron chi connectivity index (χ1n) is 11.3. The smallest absolute Gasteiger partial charge is 0.276 e. The van der Waals surface area contributed by atoms with Crippen LogP contribution >= 0.6 is 0 Å². The van der Waals surface area contributed by atoms with Gasteiger partial charge in [-0.25, -0.2) is 27.8 Å². The third-order valence-electron chi connectivity index (χ3n) is 5.23. The van der Waals surface area contributed by atoms with Gasteiger partial charge in [-0.3, -0.25) is 4.79 Å². The van der Waals surface area contributed by atoms with Crippen molar-refractivity contribution in [3.05, 3.63) is 77.9 Å². The highest BCUT2D eigenvalue weighted by atomic mass is 32.2. The summed E-state index contributed by atoms with van der Waals surface area (Å²) in [7, 11) is -0.868. The number of benzene rings is 2. The number of carbonyl (C=O) groups excluding carboxylic acids is 1. The van der Waals surface area contributed by atoms with Gasteiger partial charge in [-0.05, 0) is 62.4 Å². The van der Waals surface area contributed by atoms with E-state index in [4.69, 9.17) is 14.2 Å². The summed E-state index contributed by atoms with van der Waals surface area (Å²) < 4.78 is 45.6. The number of hydrogen-bond acceptors (Lipinski definition) is 9. The minimum Gasteiger partial charge on any atom is -0.493 e. The molecule has 2 aromatic heterocycles. The number of carbonyl (C=O) groups is 1. The second-order valence-corrected chi connectivity index (χ2v) is 9.75. The molecule has 0 atom stereocenters. The predicted molar refractivity (Wildman–Crippen MR) is 139 cm³/mol. The van der Waals surface area contributed by atoms with E-state index in [2.05, 4.69) is 25.1 Å². The van der Waals surface area contributed by atoms with Crippen molar-refractivity contribution < 1.29 is 27.4 Å². The standard InChI is InChI=1S/C25H26N6O6S/c1-16-14-17(2)27-25(26-16)30-38(33,34)19-10-8-18(9-11-19)28-24(32)20-12-13-31(29-20)15-37-23-21(35-3)6-5-7-22(23)36-4/h5-14H,15H2,1-4H3,(H,28,32)(H,26,27,30). The highest BCUT2D eigenvalue weighted by Gasteiger charge is 2.17. The number of nitrogens with one attached hydrogen (secondary N) is 2. The molecular formula is C25H26N6O6S. The molecule has 0 aliphatic rings. The number of methoxy groups -OCH3 is 2. The van der Waals surface area contributed by atoms with Crippen molar-refractivity contribution in [2.24, 2.45) is 0 Å². The molecule has 4 aromatic rings. The number of sulfonamides is 1. The maximum Gasteiger partial charge on any atom is 0.276 e. The maximum absolute atomic E-state index is 12.7. The van der Waals surface area contributed by atoms with Crippen molar-refractivity contribution >= 4 is 27.6 Å².